The SMILES string of the molecule is CN1CC(c2ccc(Cl)c(C(=O)N(COC(=O)CCC(=O)O)C3(C#N)CC3)c2)=CN1c1n[nH]c(C(F)(F)C(F)(F)F)c1C(F)(F)F. The Balaban J connectivity index is 1.68. The smallest absolute Gasteiger partial charge is 0.459 e. The maximum Gasteiger partial charge on any atom is 0.459 e. The van der Waals surface area contributed by atoms with Crippen LogP contribution in [0.2, 0.25) is 5.02 Å². The van der Waals surface area contributed by atoms with E-state index in [1.807, 2.05) is 6.07 Å². The molecule has 1 fully saturated rings. The molecule has 4 rings (SSSR count). The average molecular weight is 685 g/mol. The molecule has 0 bridgehead atoms. The van der Waals surface area contributed by atoms with Crippen LogP contribution in [0.1, 0.15) is 52.9 Å². The van der Waals surface area contributed by atoms with Crippen molar-refractivity contribution in [1.29, 1.82) is 5.26 Å². The normalized spacial score (nSPS) is 16.5. The van der Waals surface area contributed by atoms with E-state index in [0.717, 1.165) is 16.1 Å². The Morgan fingerprint density at radius 1 is 1.15 bits per heavy atom. The van der Waals surface area contributed by atoms with Crippen LogP contribution in [0.4, 0.5) is 40.9 Å². The van der Waals surface area contributed by atoms with Gasteiger partial charge in [0, 0.05) is 19.8 Å². The molecule has 11 nitrogen and oxygen atoms in total. The lowest BCUT2D eigenvalue weighted by Crippen LogP contribution is -2.43. The van der Waals surface area contributed by atoms with Gasteiger partial charge in [0.15, 0.2) is 12.5 Å². The Hall–Kier alpha value is -4.44. The van der Waals surface area contributed by atoms with Gasteiger partial charge in [-0.2, -0.15) is 45.5 Å². The highest BCUT2D eigenvalue weighted by atomic mass is 35.5. The van der Waals surface area contributed by atoms with Crippen molar-refractivity contribution < 1.29 is 59.4 Å². The second-order valence-electron chi connectivity index (χ2n) is 10.3. The third-order valence-corrected chi connectivity index (χ3v) is 7.45. The van der Waals surface area contributed by atoms with E-state index in [1.54, 1.807) is 0 Å². The summed E-state index contributed by atoms with van der Waals surface area (Å²) in [5, 5.41) is 24.3. The lowest BCUT2D eigenvalue weighted by atomic mass is 10.0. The number of anilines is 1. The number of aromatic nitrogens is 2. The lowest BCUT2D eigenvalue weighted by Gasteiger charge is -2.27. The first-order valence-electron chi connectivity index (χ1n) is 13.0. The van der Waals surface area contributed by atoms with Crippen molar-refractivity contribution in [2.24, 2.45) is 0 Å². The maximum absolute atomic E-state index is 14.0. The van der Waals surface area contributed by atoms with Gasteiger partial charge < -0.3 is 9.84 Å². The number of carbonyl (C=O) groups excluding carboxylic acids is 2. The summed E-state index contributed by atoms with van der Waals surface area (Å²) in [6.07, 6.45) is -11.7. The third kappa shape index (κ3) is 6.58. The third-order valence-electron chi connectivity index (χ3n) is 7.12. The number of hydrogen-bond donors (Lipinski definition) is 2. The van der Waals surface area contributed by atoms with E-state index in [9.17, 15) is 54.8 Å². The molecule has 2 aromatic rings. The molecule has 1 amide bonds. The molecule has 0 radical (unpaired) electrons. The molecule has 0 atom stereocenters. The molecule has 2 aliphatic rings. The average Bonchev–Trinajstić information content (AvgIpc) is 3.43. The van der Waals surface area contributed by atoms with E-state index in [0.29, 0.717) is 5.01 Å². The van der Waals surface area contributed by atoms with Gasteiger partial charge in [0.25, 0.3) is 5.91 Å². The Morgan fingerprint density at radius 2 is 1.80 bits per heavy atom. The van der Waals surface area contributed by atoms with Crippen molar-refractivity contribution in [3.63, 3.8) is 0 Å². The number of esters is 1. The number of H-pyrrole nitrogens is 1. The molecule has 1 saturated carbocycles. The van der Waals surface area contributed by atoms with Gasteiger partial charge in [0.2, 0.25) is 0 Å². The molecule has 0 spiro atoms. The molecular formula is C26H21ClF8N6O5. The number of nitrogens with zero attached hydrogens (tertiary/aromatic N) is 5. The summed E-state index contributed by atoms with van der Waals surface area (Å²) in [5.41, 5.74) is -6.11. The zero-order chi connectivity index (χ0) is 34.4. The minimum absolute atomic E-state index is 0.140. The minimum Gasteiger partial charge on any atom is -0.481 e. The van der Waals surface area contributed by atoms with Crippen LogP contribution in [-0.4, -0.2) is 75.1 Å². The summed E-state index contributed by atoms with van der Waals surface area (Å²) in [5.74, 6) is -10.3. The van der Waals surface area contributed by atoms with Gasteiger partial charge in [0.1, 0.15) is 16.8 Å². The number of amides is 1. The second kappa shape index (κ2) is 12.1. The number of aliphatic carboxylic acids is 1. The highest BCUT2D eigenvalue weighted by Crippen LogP contribution is 2.50. The molecule has 46 heavy (non-hydrogen) atoms. The molecule has 1 aliphatic carbocycles. The molecule has 2 heterocycles. The molecule has 0 saturated heterocycles. The number of carboxylic acid groups (broad SMARTS) is 1. The molecule has 1 aliphatic heterocycles. The number of carboxylic acids is 1. The van der Waals surface area contributed by atoms with Crippen molar-refractivity contribution in [2.45, 2.75) is 49.5 Å². The number of benzene rings is 1. The highest BCUT2D eigenvalue weighted by Gasteiger charge is 2.63. The largest absolute Gasteiger partial charge is 0.481 e. The van der Waals surface area contributed by atoms with E-state index >= 15 is 0 Å². The van der Waals surface area contributed by atoms with Gasteiger partial charge in [0.05, 0.1) is 29.5 Å². The number of nitrogens with one attached hydrogen (secondary N) is 1. The Bertz CT molecular complexity index is 1630. The quantitative estimate of drug-likeness (QED) is 0.193. The summed E-state index contributed by atoms with van der Waals surface area (Å²) in [6.45, 7) is -0.966. The van der Waals surface area contributed by atoms with Gasteiger partial charge in [-0.25, -0.2) is 5.01 Å². The van der Waals surface area contributed by atoms with Crippen LogP contribution < -0.4 is 5.01 Å². The van der Waals surface area contributed by atoms with Crippen LogP contribution in [-0.2, 0) is 26.4 Å². The van der Waals surface area contributed by atoms with E-state index in [1.165, 1.54) is 30.3 Å². The van der Waals surface area contributed by atoms with Crippen molar-refractivity contribution in [1.82, 2.24) is 20.1 Å². The Labute approximate surface area is 258 Å². The number of ether oxygens (including phenoxy) is 1. The summed E-state index contributed by atoms with van der Waals surface area (Å²) >= 11 is 6.26. The fourth-order valence-corrected chi connectivity index (χ4v) is 4.72. The number of likely N-dealkylation sites (N-methyl/N-ethyl adjacent to an activating group) is 1. The number of carbonyl (C=O) groups is 3. The van der Waals surface area contributed by atoms with Gasteiger partial charge in [-0.05, 0) is 36.1 Å². The molecule has 2 N–H and O–H groups in total. The second-order valence-corrected chi connectivity index (χ2v) is 10.7. The predicted molar refractivity (Wildman–Crippen MR) is 140 cm³/mol. The molecule has 1 aromatic carbocycles. The van der Waals surface area contributed by atoms with Crippen molar-refractivity contribution in [3.05, 3.63) is 51.8 Å². The summed E-state index contributed by atoms with van der Waals surface area (Å²) in [6, 6.07) is 5.77. The monoisotopic (exact) mass is 684 g/mol. The van der Waals surface area contributed by atoms with Crippen LogP contribution in [0.15, 0.2) is 24.4 Å². The number of rotatable bonds is 10. The molecule has 1 aromatic heterocycles. The molecule has 0 unspecified atom stereocenters. The zero-order valence-corrected chi connectivity index (χ0v) is 24.0. The van der Waals surface area contributed by atoms with Crippen molar-refractivity contribution in [3.8, 4) is 6.07 Å². The number of hydrogen-bond acceptors (Lipinski definition) is 8. The molecule has 248 valence electrons. The maximum atomic E-state index is 14.0. The predicted octanol–water partition coefficient (Wildman–Crippen LogP) is 5.31. The number of hydrazine groups is 1. The number of nitriles is 1. The Kier molecular flexibility index (Phi) is 9.02. The van der Waals surface area contributed by atoms with Crippen LogP contribution in [0.5, 0.6) is 0 Å². The van der Waals surface area contributed by atoms with Gasteiger partial charge >= 0.3 is 30.2 Å². The van der Waals surface area contributed by atoms with E-state index in [-0.39, 0.29) is 41.1 Å². The highest BCUT2D eigenvalue weighted by molar-refractivity contribution is 6.34. The van der Waals surface area contributed by atoms with Crippen LogP contribution in [0.3, 0.4) is 0 Å². The summed E-state index contributed by atoms with van der Waals surface area (Å²) < 4.78 is 114. The summed E-state index contributed by atoms with van der Waals surface area (Å²) in [7, 11) is 1.20. The van der Waals surface area contributed by atoms with Gasteiger partial charge in [-0.15, -0.1) is 0 Å². The first-order valence-corrected chi connectivity index (χ1v) is 13.3. The topological polar surface area (TPSA) is 143 Å². The molecular weight excluding hydrogens is 664 g/mol. The van der Waals surface area contributed by atoms with Crippen LogP contribution in [0, 0.1) is 11.3 Å². The first kappa shape index (κ1) is 34.4. The van der Waals surface area contributed by atoms with Crippen molar-refractivity contribution in [2.75, 3.05) is 25.3 Å². The van der Waals surface area contributed by atoms with Crippen LogP contribution >= 0.6 is 11.6 Å². The van der Waals surface area contributed by atoms with Crippen LogP contribution in [0.25, 0.3) is 5.57 Å². The zero-order valence-electron chi connectivity index (χ0n) is 23.3. The van der Waals surface area contributed by atoms with Crippen molar-refractivity contribution >= 4 is 40.8 Å². The standard InChI is InChI=1S/C26H21ClF8N6O5/c1-39-9-14(10-41(39)21-19(25(30,31)32)20(37-38-21)24(28,29)26(33,34)35)13-2-3-16(27)15(8-13)22(45)40(23(11-36)6-7-23)12-46-18(44)5-4-17(42)43/h2-3,8,10H,4-7,9,12H2,1H3,(H,37,38)(H,42,43). The van der Waals surface area contributed by atoms with E-state index in [4.69, 9.17) is 21.4 Å². The number of alkyl halides is 8. The minimum atomic E-state index is -6.36. The molecule has 20 heteroatoms. The number of aromatic amines is 1. The number of halogens is 9. The van der Waals surface area contributed by atoms with Gasteiger partial charge in [-0.1, -0.05) is 17.7 Å². The first-order chi connectivity index (χ1) is 21.2. The van der Waals surface area contributed by atoms with E-state index < -0.39 is 78.3 Å². The fourth-order valence-electron chi connectivity index (χ4n) is 4.52. The lowest BCUT2D eigenvalue weighted by molar-refractivity contribution is -0.292. The van der Waals surface area contributed by atoms with Gasteiger partial charge in [-0.3, -0.25) is 29.4 Å². The van der Waals surface area contributed by atoms with E-state index in [2.05, 4.69) is 5.10 Å². The fraction of sp³-hybridized carbons (Fsp3) is 0.423. The summed E-state index contributed by atoms with van der Waals surface area (Å²) in [4.78, 5) is 37.2. The Morgan fingerprint density at radius 3 is 2.35 bits per heavy atom.